The van der Waals surface area contributed by atoms with Crippen molar-refractivity contribution in [3.63, 3.8) is 0 Å². The summed E-state index contributed by atoms with van der Waals surface area (Å²) in [7, 11) is -3.60. The lowest BCUT2D eigenvalue weighted by Gasteiger charge is -2.25. The van der Waals surface area contributed by atoms with Crippen LogP contribution in [0.25, 0.3) is 0 Å². The van der Waals surface area contributed by atoms with Crippen molar-refractivity contribution in [1.29, 1.82) is 0 Å². The summed E-state index contributed by atoms with van der Waals surface area (Å²) in [4.78, 5) is 22.4. The quantitative estimate of drug-likeness (QED) is 0.672. The summed E-state index contributed by atoms with van der Waals surface area (Å²) >= 11 is 0. The van der Waals surface area contributed by atoms with Gasteiger partial charge in [0.2, 0.25) is 0 Å². The third-order valence-corrected chi connectivity index (χ3v) is 6.88. The van der Waals surface area contributed by atoms with Crippen molar-refractivity contribution < 1.29 is 27.9 Å². The first-order valence-corrected chi connectivity index (χ1v) is 9.95. The van der Waals surface area contributed by atoms with Crippen molar-refractivity contribution in [3.8, 4) is 0 Å². The van der Waals surface area contributed by atoms with E-state index < -0.39 is 20.6 Å². The van der Waals surface area contributed by atoms with Gasteiger partial charge >= 0.3 is 11.9 Å². The molecule has 0 amide bonds. The van der Waals surface area contributed by atoms with E-state index >= 15 is 0 Å². The van der Waals surface area contributed by atoms with Gasteiger partial charge in [0.25, 0.3) is 0 Å². The topological polar surface area (TPSA) is 97.7 Å². The van der Waals surface area contributed by atoms with Crippen molar-refractivity contribution in [2.75, 3.05) is 6.61 Å². The number of carboxylic acids is 1. The molecule has 6 nitrogen and oxygen atoms in total. The number of carbonyl (C=O) groups excluding carboxylic acids is 1. The van der Waals surface area contributed by atoms with E-state index in [4.69, 9.17) is 9.84 Å². The Kier molecular flexibility index (Phi) is 5.87. The Hall–Kier alpha value is -1.89. The Balaban J connectivity index is 2.08. The van der Waals surface area contributed by atoms with Crippen LogP contribution < -0.4 is 0 Å². The van der Waals surface area contributed by atoms with Gasteiger partial charge in [0.1, 0.15) is 11.4 Å². The summed E-state index contributed by atoms with van der Waals surface area (Å²) in [5.74, 6) is -1.54. The van der Waals surface area contributed by atoms with Gasteiger partial charge in [-0.3, -0.25) is 9.59 Å². The summed E-state index contributed by atoms with van der Waals surface area (Å²) in [6, 6.07) is 6.93. The minimum atomic E-state index is -3.60. The Morgan fingerprint density at radius 3 is 2.36 bits per heavy atom. The molecule has 1 aromatic rings. The van der Waals surface area contributed by atoms with Gasteiger partial charge < -0.3 is 9.84 Å². The third-order valence-electron chi connectivity index (χ3n) is 4.39. The van der Waals surface area contributed by atoms with Crippen LogP contribution in [0.5, 0.6) is 0 Å². The van der Waals surface area contributed by atoms with Crippen molar-refractivity contribution in [2.45, 2.75) is 50.0 Å². The summed E-state index contributed by atoms with van der Waals surface area (Å²) < 4.78 is 29.6. The molecule has 0 atom stereocenters. The zero-order valence-electron chi connectivity index (χ0n) is 14.5. The third kappa shape index (κ3) is 5.29. The summed E-state index contributed by atoms with van der Waals surface area (Å²) in [6.45, 7) is 2.91. The molecule has 1 aliphatic rings. The highest BCUT2D eigenvalue weighted by molar-refractivity contribution is 7.92. The minimum absolute atomic E-state index is 0.0561. The first kappa shape index (κ1) is 19.4. The zero-order chi connectivity index (χ0) is 18.7. The number of aliphatic carboxylic acids is 1. The molecule has 0 aromatic heterocycles. The van der Waals surface area contributed by atoms with E-state index in [-0.39, 0.29) is 37.1 Å². The molecule has 0 spiro atoms. The predicted molar refractivity (Wildman–Crippen MR) is 92.8 cm³/mol. The van der Waals surface area contributed by atoms with Crippen LogP contribution >= 0.6 is 0 Å². The lowest BCUT2D eigenvalue weighted by atomic mass is 10.0. The fraction of sp³-hybridized carbons (Fsp3) is 0.556. The van der Waals surface area contributed by atoms with Gasteiger partial charge in [-0.05, 0) is 44.2 Å². The molecule has 1 aromatic carbocycles. The fourth-order valence-electron chi connectivity index (χ4n) is 2.36. The van der Waals surface area contributed by atoms with E-state index in [0.717, 1.165) is 12.8 Å². The highest BCUT2D eigenvalue weighted by Gasteiger charge is 2.38. The number of sulfone groups is 1. The molecule has 0 unspecified atom stereocenters. The van der Waals surface area contributed by atoms with Crippen LogP contribution in [0, 0.1) is 5.92 Å². The van der Waals surface area contributed by atoms with Crippen LogP contribution in [0.4, 0.5) is 0 Å². The normalized spacial score (nSPS) is 15.0. The lowest BCUT2D eigenvalue weighted by Crippen LogP contribution is -2.39. The van der Waals surface area contributed by atoms with Gasteiger partial charge in [0.05, 0.1) is 11.7 Å². The lowest BCUT2D eigenvalue weighted by molar-refractivity contribution is -0.145. The monoisotopic (exact) mass is 368 g/mol. The molecule has 1 saturated carbocycles. The molecule has 25 heavy (non-hydrogen) atoms. The SMILES string of the molecule is CC(C)(COC(=O)C1CC1)S(=O)(=O)Cc1ccccc1CCC(=O)O. The summed E-state index contributed by atoms with van der Waals surface area (Å²) in [5.41, 5.74) is 1.30. The number of hydrogen-bond donors (Lipinski definition) is 1. The first-order valence-electron chi connectivity index (χ1n) is 8.30. The number of hydrogen-bond acceptors (Lipinski definition) is 5. The maximum absolute atomic E-state index is 12.8. The van der Waals surface area contributed by atoms with Crippen molar-refractivity contribution in [1.82, 2.24) is 0 Å². The first-order chi connectivity index (χ1) is 11.6. The van der Waals surface area contributed by atoms with Gasteiger partial charge in [-0.2, -0.15) is 0 Å². The number of rotatable bonds is 9. The molecule has 2 rings (SSSR count). The van der Waals surface area contributed by atoms with E-state index in [1.807, 2.05) is 0 Å². The highest BCUT2D eigenvalue weighted by Crippen LogP contribution is 2.31. The van der Waals surface area contributed by atoms with Crippen LogP contribution in [0.15, 0.2) is 24.3 Å². The van der Waals surface area contributed by atoms with E-state index in [1.165, 1.54) is 0 Å². The van der Waals surface area contributed by atoms with Gasteiger partial charge in [-0.1, -0.05) is 24.3 Å². The largest absolute Gasteiger partial charge is 0.481 e. The van der Waals surface area contributed by atoms with Crippen LogP contribution in [0.1, 0.15) is 44.2 Å². The molecule has 0 radical (unpaired) electrons. The van der Waals surface area contributed by atoms with E-state index in [0.29, 0.717) is 11.1 Å². The maximum atomic E-state index is 12.8. The van der Waals surface area contributed by atoms with Crippen molar-refractivity contribution in [2.24, 2.45) is 5.92 Å². The highest BCUT2D eigenvalue weighted by atomic mass is 32.2. The van der Waals surface area contributed by atoms with Crippen LogP contribution in [0.2, 0.25) is 0 Å². The number of carbonyl (C=O) groups is 2. The second-order valence-corrected chi connectivity index (χ2v) is 9.69. The van der Waals surface area contributed by atoms with Gasteiger partial charge in [0.15, 0.2) is 9.84 Å². The second kappa shape index (κ2) is 7.56. The minimum Gasteiger partial charge on any atom is -0.481 e. The van der Waals surface area contributed by atoms with Crippen molar-refractivity contribution in [3.05, 3.63) is 35.4 Å². The Morgan fingerprint density at radius 2 is 1.80 bits per heavy atom. The fourth-order valence-corrected chi connectivity index (χ4v) is 3.68. The predicted octanol–water partition coefficient (Wildman–Crippen LogP) is 2.35. The second-order valence-electron chi connectivity index (χ2n) is 7.06. The molecule has 0 aliphatic heterocycles. The molecule has 1 N–H and O–H groups in total. The van der Waals surface area contributed by atoms with E-state index in [2.05, 4.69) is 0 Å². The Bertz CT molecular complexity index is 747. The molecule has 1 aliphatic carbocycles. The Morgan fingerprint density at radius 1 is 1.20 bits per heavy atom. The molecule has 0 bridgehead atoms. The van der Waals surface area contributed by atoms with Crippen LogP contribution in [-0.2, 0) is 36.3 Å². The number of aryl methyl sites for hydroxylation is 1. The summed E-state index contributed by atoms with van der Waals surface area (Å²) in [5, 5.41) is 8.83. The van der Waals surface area contributed by atoms with Gasteiger partial charge in [0, 0.05) is 6.42 Å². The van der Waals surface area contributed by atoms with Gasteiger partial charge in [-0.25, -0.2) is 8.42 Å². The molecule has 0 saturated heterocycles. The number of ether oxygens (including phenoxy) is 1. The van der Waals surface area contributed by atoms with Crippen molar-refractivity contribution >= 4 is 21.8 Å². The molecule has 0 heterocycles. The standard InChI is InChI=1S/C18H24O6S/c1-18(2,12-24-17(21)14-7-8-14)25(22,23)11-15-6-4-3-5-13(15)9-10-16(19)20/h3-6,14H,7-12H2,1-2H3,(H,19,20). The zero-order valence-corrected chi connectivity index (χ0v) is 15.3. The smallest absolute Gasteiger partial charge is 0.308 e. The number of benzene rings is 1. The molecular weight excluding hydrogens is 344 g/mol. The van der Waals surface area contributed by atoms with E-state index in [9.17, 15) is 18.0 Å². The Labute approximate surface area is 148 Å². The average molecular weight is 368 g/mol. The molecule has 138 valence electrons. The van der Waals surface area contributed by atoms with Crippen LogP contribution in [0.3, 0.4) is 0 Å². The average Bonchev–Trinajstić information content (AvgIpc) is 3.36. The summed E-state index contributed by atoms with van der Waals surface area (Å²) in [6.07, 6.45) is 1.84. The number of esters is 1. The molecule has 7 heteroatoms. The number of carboxylic acid groups (broad SMARTS) is 1. The maximum Gasteiger partial charge on any atom is 0.308 e. The van der Waals surface area contributed by atoms with Crippen LogP contribution in [-0.4, -0.2) is 36.8 Å². The molecule has 1 fully saturated rings. The van der Waals surface area contributed by atoms with Gasteiger partial charge in [-0.15, -0.1) is 0 Å². The van der Waals surface area contributed by atoms with E-state index in [1.54, 1.807) is 38.1 Å². The molecular formula is C18H24O6S.